The van der Waals surface area contributed by atoms with Crippen LogP contribution in [0.15, 0.2) is 48.8 Å². The van der Waals surface area contributed by atoms with Gasteiger partial charge in [-0.15, -0.1) is 11.3 Å². The Morgan fingerprint density at radius 3 is 2.94 bits per heavy atom. The summed E-state index contributed by atoms with van der Waals surface area (Å²) in [4.78, 5) is 25.7. The summed E-state index contributed by atoms with van der Waals surface area (Å²) < 4.78 is 1.70. The van der Waals surface area contributed by atoms with E-state index in [1.54, 1.807) is 10.9 Å². The van der Waals surface area contributed by atoms with Crippen LogP contribution in [0.3, 0.4) is 0 Å². The number of hydrogen-bond acceptors (Lipinski definition) is 6. The molecule has 164 valence electrons. The molecule has 0 radical (unpaired) electrons. The van der Waals surface area contributed by atoms with Gasteiger partial charge in [0.05, 0.1) is 23.0 Å². The summed E-state index contributed by atoms with van der Waals surface area (Å²) in [6.07, 6.45) is 7.27. The smallest absolute Gasteiger partial charge is 0.260 e. The number of amides is 1. The van der Waals surface area contributed by atoms with Crippen molar-refractivity contribution in [3.05, 3.63) is 64.9 Å². The minimum Gasteiger partial charge on any atom is -0.298 e. The molecule has 1 amide bonds. The molecule has 0 aliphatic carbocycles. The van der Waals surface area contributed by atoms with Crippen molar-refractivity contribution in [2.75, 3.05) is 11.9 Å². The van der Waals surface area contributed by atoms with Crippen molar-refractivity contribution in [1.82, 2.24) is 24.6 Å². The number of nitrogens with zero attached hydrogens (tertiary/aromatic N) is 5. The molecule has 1 unspecified atom stereocenters. The number of rotatable bonds is 5. The monoisotopic (exact) mass is 446 g/mol. The maximum absolute atomic E-state index is 12.9. The van der Waals surface area contributed by atoms with Crippen molar-refractivity contribution in [2.24, 2.45) is 0 Å². The Morgan fingerprint density at radius 2 is 2.06 bits per heavy atom. The first-order valence-electron chi connectivity index (χ1n) is 11.0. The Kier molecular flexibility index (Phi) is 5.71. The zero-order valence-corrected chi connectivity index (χ0v) is 19.1. The average molecular weight is 447 g/mol. The number of pyridine rings is 1. The van der Waals surface area contributed by atoms with Gasteiger partial charge in [0.15, 0.2) is 10.9 Å². The normalized spacial score (nSPS) is 17.0. The van der Waals surface area contributed by atoms with Crippen molar-refractivity contribution in [1.29, 1.82) is 0 Å². The number of nitrogens with one attached hydrogen (secondary N) is 1. The molecule has 0 spiro atoms. The Bertz CT molecular complexity index is 1260. The van der Waals surface area contributed by atoms with Crippen molar-refractivity contribution in [2.45, 2.75) is 45.7 Å². The van der Waals surface area contributed by atoms with Crippen LogP contribution in [0.4, 0.5) is 5.13 Å². The van der Waals surface area contributed by atoms with E-state index < -0.39 is 0 Å². The highest BCUT2D eigenvalue weighted by molar-refractivity contribution is 7.15. The third-order valence-corrected chi connectivity index (χ3v) is 7.03. The van der Waals surface area contributed by atoms with Crippen LogP contribution in [0.5, 0.6) is 0 Å². The first kappa shape index (κ1) is 20.8. The highest BCUT2D eigenvalue weighted by Gasteiger charge is 2.20. The van der Waals surface area contributed by atoms with Crippen LogP contribution in [0.2, 0.25) is 0 Å². The summed E-state index contributed by atoms with van der Waals surface area (Å²) in [6, 6.07) is 12.5. The third-order valence-electron chi connectivity index (χ3n) is 6.13. The molecule has 0 saturated carbocycles. The highest BCUT2D eigenvalue weighted by atomic mass is 32.1. The fourth-order valence-corrected chi connectivity index (χ4v) is 5.07. The second-order valence-electron chi connectivity index (χ2n) is 8.32. The zero-order valence-electron chi connectivity index (χ0n) is 18.3. The summed E-state index contributed by atoms with van der Waals surface area (Å²) in [5.41, 5.74) is 2.15. The Morgan fingerprint density at radius 1 is 1.19 bits per heavy atom. The van der Waals surface area contributed by atoms with Gasteiger partial charge in [-0.3, -0.25) is 15.0 Å². The molecule has 1 aromatic carbocycles. The molecule has 4 aromatic rings. The quantitative estimate of drug-likeness (QED) is 0.476. The largest absolute Gasteiger partial charge is 0.298 e. The van der Waals surface area contributed by atoms with Crippen molar-refractivity contribution < 1.29 is 4.79 Å². The molecular weight excluding hydrogens is 420 g/mol. The van der Waals surface area contributed by atoms with Gasteiger partial charge in [-0.25, -0.2) is 14.6 Å². The number of fused-ring (bicyclic) bond motifs is 1. The Labute approximate surface area is 191 Å². The first-order chi connectivity index (χ1) is 15.6. The van der Waals surface area contributed by atoms with Gasteiger partial charge < -0.3 is 0 Å². The molecule has 5 rings (SSSR count). The second kappa shape index (κ2) is 8.80. The Balaban J connectivity index is 1.30. The number of hydrogen-bond donors (Lipinski definition) is 1. The van der Waals surface area contributed by atoms with Gasteiger partial charge in [0.2, 0.25) is 0 Å². The number of aromatic nitrogens is 4. The molecule has 7 nitrogen and oxygen atoms in total. The number of carbonyl (C=O) groups is 1. The van der Waals surface area contributed by atoms with Gasteiger partial charge in [-0.1, -0.05) is 24.6 Å². The number of benzene rings is 1. The zero-order chi connectivity index (χ0) is 22.1. The molecule has 8 heteroatoms. The maximum Gasteiger partial charge on any atom is 0.260 e. The standard InChI is InChI=1S/C24H26N6OS/c1-16-7-5-6-12-29(16)15-19-13-25-24(32-19)28-23(31)20-14-26-30(17(20)2)22-11-10-18-8-3-4-9-21(18)27-22/h3-4,8-11,13-14,16H,5-7,12,15H2,1-2H3,(H,25,28,31). The molecule has 0 bridgehead atoms. The van der Waals surface area contributed by atoms with Gasteiger partial charge in [0, 0.05) is 29.0 Å². The first-order valence-corrected chi connectivity index (χ1v) is 11.8. The minimum absolute atomic E-state index is 0.207. The van der Waals surface area contributed by atoms with Crippen molar-refractivity contribution in [3.63, 3.8) is 0 Å². The fourth-order valence-electron chi connectivity index (χ4n) is 4.23. The fraction of sp³-hybridized carbons (Fsp3) is 0.333. The second-order valence-corrected chi connectivity index (χ2v) is 9.43. The van der Waals surface area contributed by atoms with Gasteiger partial charge in [0.25, 0.3) is 5.91 Å². The van der Waals surface area contributed by atoms with Crippen LogP contribution >= 0.6 is 11.3 Å². The van der Waals surface area contributed by atoms with E-state index in [-0.39, 0.29) is 5.91 Å². The van der Waals surface area contributed by atoms with E-state index >= 15 is 0 Å². The van der Waals surface area contributed by atoms with Crippen molar-refractivity contribution >= 4 is 33.3 Å². The van der Waals surface area contributed by atoms with E-state index in [0.717, 1.165) is 29.7 Å². The molecular formula is C24H26N6OS. The lowest BCUT2D eigenvalue weighted by Gasteiger charge is -2.32. The number of carbonyl (C=O) groups excluding carboxylic acids is 1. The van der Waals surface area contributed by atoms with E-state index in [1.165, 1.54) is 35.5 Å². The third kappa shape index (κ3) is 4.16. The van der Waals surface area contributed by atoms with Crippen LogP contribution in [-0.2, 0) is 6.54 Å². The number of likely N-dealkylation sites (tertiary alicyclic amines) is 1. The average Bonchev–Trinajstić information content (AvgIpc) is 3.41. The van der Waals surface area contributed by atoms with Crippen LogP contribution in [-0.4, -0.2) is 43.1 Å². The Hall–Kier alpha value is -3.10. The maximum atomic E-state index is 12.9. The summed E-state index contributed by atoms with van der Waals surface area (Å²) in [5.74, 6) is 0.481. The number of anilines is 1. The van der Waals surface area contributed by atoms with E-state index in [9.17, 15) is 4.79 Å². The molecule has 4 heterocycles. The predicted molar refractivity (Wildman–Crippen MR) is 127 cm³/mol. The highest BCUT2D eigenvalue weighted by Crippen LogP contribution is 2.25. The van der Waals surface area contributed by atoms with Gasteiger partial charge in [-0.05, 0) is 51.4 Å². The SMILES string of the molecule is Cc1c(C(=O)Nc2ncc(CN3CCCCC3C)s2)cnn1-c1ccc2ccccc2n1. The molecule has 32 heavy (non-hydrogen) atoms. The lowest BCUT2D eigenvalue weighted by atomic mass is 10.0. The summed E-state index contributed by atoms with van der Waals surface area (Å²) in [6.45, 7) is 6.18. The van der Waals surface area contributed by atoms with E-state index in [1.807, 2.05) is 49.5 Å². The number of para-hydroxylation sites is 1. The van der Waals surface area contributed by atoms with Crippen molar-refractivity contribution in [3.8, 4) is 5.82 Å². The summed E-state index contributed by atoms with van der Waals surface area (Å²) in [5, 5.41) is 9.04. The molecule has 1 atom stereocenters. The van der Waals surface area contributed by atoms with Crippen LogP contribution in [0, 0.1) is 6.92 Å². The van der Waals surface area contributed by atoms with Crippen LogP contribution in [0.1, 0.15) is 47.1 Å². The lowest BCUT2D eigenvalue weighted by Crippen LogP contribution is -2.36. The van der Waals surface area contributed by atoms with E-state index in [0.29, 0.717) is 22.6 Å². The van der Waals surface area contributed by atoms with Crippen LogP contribution < -0.4 is 5.32 Å². The van der Waals surface area contributed by atoms with Gasteiger partial charge in [0.1, 0.15) is 0 Å². The molecule has 1 saturated heterocycles. The van der Waals surface area contributed by atoms with Gasteiger partial charge >= 0.3 is 0 Å². The minimum atomic E-state index is -0.207. The summed E-state index contributed by atoms with van der Waals surface area (Å²) >= 11 is 1.54. The topological polar surface area (TPSA) is 75.9 Å². The summed E-state index contributed by atoms with van der Waals surface area (Å²) in [7, 11) is 0. The lowest BCUT2D eigenvalue weighted by molar-refractivity contribution is 0.102. The number of thiazole rings is 1. The predicted octanol–water partition coefficient (Wildman–Crippen LogP) is 4.81. The number of piperidine rings is 1. The van der Waals surface area contributed by atoms with Crippen LogP contribution in [0.25, 0.3) is 16.7 Å². The molecule has 1 N–H and O–H groups in total. The molecule has 3 aromatic heterocycles. The molecule has 1 aliphatic heterocycles. The molecule has 1 fully saturated rings. The van der Waals surface area contributed by atoms with E-state index in [4.69, 9.17) is 0 Å². The van der Waals surface area contributed by atoms with E-state index in [2.05, 4.69) is 32.2 Å². The van der Waals surface area contributed by atoms with Gasteiger partial charge in [-0.2, -0.15) is 5.10 Å². The molecule has 1 aliphatic rings.